The molecule has 1 aromatic heterocycles. The standard InChI is InChI=1S/C11H22N4O2S2/c1-4-10(8-18-3)15-19(16,17)11-9(6-12-5-2)7-13-14-11/h7,10,12,15H,4-6,8H2,1-3H3,(H,13,14). The number of nitrogens with zero attached hydrogens (tertiary/aromatic N) is 1. The highest BCUT2D eigenvalue weighted by Gasteiger charge is 2.23. The molecule has 0 aliphatic carbocycles. The van der Waals surface area contributed by atoms with Crippen LogP contribution < -0.4 is 10.0 Å². The highest BCUT2D eigenvalue weighted by atomic mass is 32.2. The minimum absolute atomic E-state index is 0.0599. The van der Waals surface area contributed by atoms with Gasteiger partial charge >= 0.3 is 0 Å². The smallest absolute Gasteiger partial charge is 0.258 e. The van der Waals surface area contributed by atoms with Crippen molar-refractivity contribution in [3.05, 3.63) is 11.8 Å². The maximum absolute atomic E-state index is 12.3. The van der Waals surface area contributed by atoms with Crippen molar-refractivity contribution in [2.24, 2.45) is 0 Å². The molecule has 1 unspecified atom stereocenters. The zero-order valence-corrected chi connectivity index (χ0v) is 13.2. The number of aromatic nitrogens is 2. The molecule has 0 aromatic carbocycles. The Hall–Kier alpha value is -0.570. The van der Waals surface area contributed by atoms with E-state index in [1.807, 2.05) is 20.1 Å². The van der Waals surface area contributed by atoms with E-state index in [-0.39, 0.29) is 11.1 Å². The van der Waals surface area contributed by atoms with Crippen LogP contribution in [-0.4, -0.2) is 43.2 Å². The lowest BCUT2D eigenvalue weighted by molar-refractivity contribution is 0.552. The van der Waals surface area contributed by atoms with E-state index in [2.05, 4.69) is 20.2 Å². The van der Waals surface area contributed by atoms with Crippen LogP contribution in [0.25, 0.3) is 0 Å². The van der Waals surface area contributed by atoms with Crippen molar-refractivity contribution >= 4 is 21.8 Å². The van der Waals surface area contributed by atoms with Gasteiger partial charge in [-0.15, -0.1) is 0 Å². The topological polar surface area (TPSA) is 86.9 Å². The number of hydrogen-bond donors (Lipinski definition) is 3. The lowest BCUT2D eigenvalue weighted by Crippen LogP contribution is -2.36. The fraction of sp³-hybridized carbons (Fsp3) is 0.727. The molecule has 1 aromatic rings. The molecular formula is C11H22N4O2S2. The number of thioether (sulfide) groups is 1. The molecule has 1 heterocycles. The minimum Gasteiger partial charge on any atom is -0.313 e. The second-order valence-electron chi connectivity index (χ2n) is 4.19. The van der Waals surface area contributed by atoms with Crippen LogP contribution in [0.1, 0.15) is 25.8 Å². The Kier molecular flexibility index (Phi) is 6.84. The molecule has 1 rings (SSSR count). The van der Waals surface area contributed by atoms with Gasteiger partial charge in [-0.1, -0.05) is 13.8 Å². The third-order valence-corrected chi connectivity index (χ3v) is 4.97. The van der Waals surface area contributed by atoms with E-state index >= 15 is 0 Å². The molecule has 0 saturated heterocycles. The molecule has 3 N–H and O–H groups in total. The molecule has 0 aliphatic rings. The molecule has 1 atom stereocenters. The summed E-state index contributed by atoms with van der Waals surface area (Å²) in [5.74, 6) is 0.756. The molecule has 0 amide bonds. The molecule has 0 aliphatic heterocycles. The van der Waals surface area contributed by atoms with Gasteiger partial charge in [0.25, 0.3) is 10.0 Å². The summed E-state index contributed by atoms with van der Waals surface area (Å²) in [6, 6.07) is -0.0599. The predicted molar refractivity (Wildman–Crippen MR) is 78.8 cm³/mol. The average molecular weight is 306 g/mol. The third-order valence-electron chi connectivity index (χ3n) is 2.69. The van der Waals surface area contributed by atoms with Crippen LogP contribution in [-0.2, 0) is 16.6 Å². The van der Waals surface area contributed by atoms with E-state index in [1.54, 1.807) is 18.0 Å². The minimum atomic E-state index is -3.53. The Morgan fingerprint density at radius 2 is 2.21 bits per heavy atom. The summed E-state index contributed by atoms with van der Waals surface area (Å²) in [5, 5.41) is 9.67. The molecule has 0 saturated carbocycles. The van der Waals surface area contributed by atoms with Gasteiger partial charge in [-0.3, -0.25) is 5.10 Å². The van der Waals surface area contributed by atoms with Gasteiger partial charge < -0.3 is 5.32 Å². The first-order valence-corrected chi connectivity index (χ1v) is 9.17. The van der Waals surface area contributed by atoms with Crippen molar-refractivity contribution in [2.45, 2.75) is 37.9 Å². The van der Waals surface area contributed by atoms with Gasteiger partial charge in [0.15, 0.2) is 5.03 Å². The molecule has 8 heteroatoms. The zero-order chi connectivity index (χ0) is 14.3. The summed E-state index contributed by atoms with van der Waals surface area (Å²) in [5.41, 5.74) is 0.661. The van der Waals surface area contributed by atoms with Crippen molar-refractivity contribution in [3.8, 4) is 0 Å². The molecule has 19 heavy (non-hydrogen) atoms. The first-order valence-electron chi connectivity index (χ1n) is 6.29. The lowest BCUT2D eigenvalue weighted by Gasteiger charge is -2.15. The van der Waals surface area contributed by atoms with Crippen LogP contribution >= 0.6 is 11.8 Å². The summed E-state index contributed by atoms with van der Waals surface area (Å²) in [6.07, 6.45) is 4.27. The number of sulfonamides is 1. The molecular weight excluding hydrogens is 284 g/mol. The Bertz CT molecular complexity index is 473. The summed E-state index contributed by atoms with van der Waals surface area (Å²) in [4.78, 5) is 0. The number of aromatic amines is 1. The fourth-order valence-electron chi connectivity index (χ4n) is 1.63. The van der Waals surface area contributed by atoms with E-state index in [1.165, 1.54) is 0 Å². The van der Waals surface area contributed by atoms with Crippen molar-refractivity contribution in [3.63, 3.8) is 0 Å². The molecule has 110 valence electrons. The Labute approximate surface area is 119 Å². The number of H-pyrrole nitrogens is 1. The Morgan fingerprint density at radius 1 is 1.47 bits per heavy atom. The Balaban J connectivity index is 2.84. The van der Waals surface area contributed by atoms with E-state index in [0.29, 0.717) is 12.1 Å². The first-order chi connectivity index (χ1) is 9.05. The second-order valence-corrected chi connectivity index (χ2v) is 6.75. The normalized spacial score (nSPS) is 13.6. The number of nitrogens with one attached hydrogen (secondary N) is 3. The quantitative estimate of drug-likeness (QED) is 0.632. The van der Waals surface area contributed by atoms with Crippen LogP contribution in [0.3, 0.4) is 0 Å². The average Bonchev–Trinajstić information content (AvgIpc) is 2.84. The van der Waals surface area contributed by atoms with Crippen LogP contribution in [0.15, 0.2) is 11.2 Å². The van der Waals surface area contributed by atoms with E-state index in [9.17, 15) is 8.42 Å². The third kappa shape index (κ3) is 4.79. The van der Waals surface area contributed by atoms with E-state index in [4.69, 9.17) is 0 Å². The molecule has 0 spiro atoms. The predicted octanol–water partition coefficient (Wildman–Crippen LogP) is 0.939. The van der Waals surface area contributed by atoms with E-state index in [0.717, 1.165) is 18.7 Å². The van der Waals surface area contributed by atoms with Crippen LogP contribution in [0, 0.1) is 0 Å². The van der Waals surface area contributed by atoms with Crippen LogP contribution in [0.2, 0.25) is 0 Å². The summed E-state index contributed by atoms with van der Waals surface area (Å²) >= 11 is 1.63. The molecule has 0 fully saturated rings. The zero-order valence-electron chi connectivity index (χ0n) is 11.6. The highest BCUT2D eigenvalue weighted by Crippen LogP contribution is 2.13. The lowest BCUT2D eigenvalue weighted by atomic mass is 10.3. The first kappa shape index (κ1) is 16.5. The van der Waals surface area contributed by atoms with Gasteiger partial charge in [0, 0.05) is 23.9 Å². The van der Waals surface area contributed by atoms with Gasteiger partial charge in [0.2, 0.25) is 0 Å². The maximum Gasteiger partial charge on any atom is 0.258 e. The maximum atomic E-state index is 12.3. The van der Waals surface area contributed by atoms with Gasteiger partial charge in [0.1, 0.15) is 0 Å². The molecule has 6 nitrogen and oxygen atoms in total. The monoisotopic (exact) mass is 306 g/mol. The summed E-state index contributed by atoms with van der Waals surface area (Å²) in [6.45, 7) is 5.21. The van der Waals surface area contributed by atoms with Gasteiger partial charge in [-0.05, 0) is 19.2 Å². The van der Waals surface area contributed by atoms with Gasteiger partial charge in [-0.2, -0.15) is 16.9 Å². The summed E-state index contributed by atoms with van der Waals surface area (Å²) in [7, 11) is -3.53. The van der Waals surface area contributed by atoms with Crippen LogP contribution in [0.5, 0.6) is 0 Å². The van der Waals surface area contributed by atoms with Gasteiger partial charge in [0.05, 0.1) is 6.20 Å². The van der Waals surface area contributed by atoms with Crippen molar-refractivity contribution in [1.82, 2.24) is 20.2 Å². The Morgan fingerprint density at radius 3 is 2.79 bits per heavy atom. The summed E-state index contributed by atoms with van der Waals surface area (Å²) < 4.78 is 27.3. The highest BCUT2D eigenvalue weighted by molar-refractivity contribution is 7.98. The molecule has 0 radical (unpaired) electrons. The number of rotatable bonds is 9. The fourth-order valence-corrected chi connectivity index (χ4v) is 3.91. The van der Waals surface area contributed by atoms with Crippen molar-refractivity contribution in [2.75, 3.05) is 18.6 Å². The van der Waals surface area contributed by atoms with E-state index < -0.39 is 10.0 Å². The van der Waals surface area contributed by atoms with Crippen molar-refractivity contribution < 1.29 is 8.42 Å². The molecule has 0 bridgehead atoms. The number of hydrogen-bond acceptors (Lipinski definition) is 5. The second kappa shape index (κ2) is 7.88. The van der Waals surface area contributed by atoms with Crippen LogP contribution in [0.4, 0.5) is 0 Å². The largest absolute Gasteiger partial charge is 0.313 e. The van der Waals surface area contributed by atoms with Gasteiger partial charge in [-0.25, -0.2) is 13.1 Å². The SMILES string of the molecule is CCNCc1cn[nH]c1S(=O)(=O)NC(CC)CSC. The van der Waals surface area contributed by atoms with Crippen molar-refractivity contribution in [1.29, 1.82) is 0 Å².